The van der Waals surface area contributed by atoms with Crippen molar-refractivity contribution in [2.75, 3.05) is 7.05 Å². The highest BCUT2D eigenvalue weighted by atomic mass is 79.9. The quantitative estimate of drug-likeness (QED) is 0.812. The summed E-state index contributed by atoms with van der Waals surface area (Å²) in [7, 11) is 1.56. The Morgan fingerprint density at radius 2 is 1.52 bits per heavy atom. The minimum absolute atomic E-state index is 0.493. The number of benzene rings is 1. The summed E-state index contributed by atoms with van der Waals surface area (Å²) in [6.45, 7) is 4.00. The monoisotopic (exact) mass is 358 g/mol. The van der Waals surface area contributed by atoms with E-state index in [2.05, 4.69) is 26.6 Å². The summed E-state index contributed by atoms with van der Waals surface area (Å²) in [5, 5.41) is 5.01. The van der Waals surface area contributed by atoms with E-state index in [-0.39, 0.29) is 0 Å². The fourth-order valence-corrected chi connectivity index (χ4v) is 1.91. The van der Waals surface area contributed by atoms with E-state index in [0.717, 1.165) is 10.9 Å². The maximum Gasteiger partial charge on any atom is 0.207 e. The van der Waals surface area contributed by atoms with Gasteiger partial charge in [0.25, 0.3) is 0 Å². The molecule has 120 valence electrons. The van der Waals surface area contributed by atoms with Crippen LogP contribution in [0.25, 0.3) is 0 Å². The molecule has 0 atom stereocenters. The zero-order valence-electron chi connectivity index (χ0n) is 13.1. The van der Waals surface area contributed by atoms with E-state index < -0.39 is 0 Å². The first-order valence-electron chi connectivity index (χ1n) is 7.25. The number of amides is 2. The van der Waals surface area contributed by atoms with E-state index >= 15 is 0 Å². The Labute approximate surface area is 136 Å². The van der Waals surface area contributed by atoms with Crippen LogP contribution >= 0.6 is 15.9 Å². The van der Waals surface area contributed by atoms with Crippen LogP contribution in [0.2, 0.25) is 0 Å². The Hall–Kier alpha value is -1.36. The molecule has 2 rings (SSSR count). The summed E-state index contributed by atoms with van der Waals surface area (Å²) in [6, 6.07) is 10.5. The summed E-state index contributed by atoms with van der Waals surface area (Å²) in [4.78, 5) is 18.9. The van der Waals surface area contributed by atoms with Crippen molar-refractivity contribution in [3.8, 4) is 0 Å². The van der Waals surface area contributed by atoms with E-state index in [9.17, 15) is 4.79 Å². The van der Waals surface area contributed by atoms with Crippen molar-refractivity contribution < 1.29 is 9.59 Å². The molecule has 1 saturated carbocycles. The first-order valence-corrected chi connectivity index (χ1v) is 8.05. The summed E-state index contributed by atoms with van der Waals surface area (Å²) >= 11 is 3.31. The Bertz CT molecular complexity index is 328. The van der Waals surface area contributed by atoms with E-state index in [1.165, 1.54) is 25.7 Å². The molecule has 1 fully saturated rings. The Balaban J connectivity index is 0. The van der Waals surface area contributed by atoms with Crippen molar-refractivity contribution in [2.45, 2.75) is 45.6 Å². The van der Waals surface area contributed by atoms with Gasteiger partial charge in [-0.25, -0.2) is 0 Å². The van der Waals surface area contributed by atoms with Gasteiger partial charge in [0.15, 0.2) is 0 Å². The average molecular weight is 359 g/mol. The summed E-state index contributed by atoms with van der Waals surface area (Å²) in [6.07, 6.45) is 6.35. The molecule has 0 spiro atoms. The largest absolute Gasteiger partial charge is 0.362 e. The molecule has 21 heavy (non-hydrogen) atoms. The zero-order chi connectivity index (χ0) is 16.3. The van der Waals surface area contributed by atoms with Crippen LogP contribution in [0, 0.1) is 0 Å². The molecule has 0 saturated heterocycles. The van der Waals surface area contributed by atoms with Gasteiger partial charge in [0.05, 0.1) is 0 Å². The minimum Gasteiger partial charge on any atom is -0.362 e. The first-order chi connectivity index (χ1) is 10.2. The number of rotatable bonds is 3. The highest BCUT2D eigenvalue weighted by Gasteiger charge is 2.12. The molecule has 1 aromatic carbocycles. The third-order valence-corrected chi connectivity index (χ3v) is 3.04. The van der Waals surface area contributed by atoms with E-state index in [1.54, 1.807) is 7.05 Å². The second-order valence-electron chi connectivity index (χ2n) is 3.97. The fourth-order valence-electron chi connectivity index (χ4n) is 1.60. The van der Waals surface area contributed by atoms with Gasteiger partial charge in [0.1, 0.15) is 0 Å². The molecule has 1 aliphatic carbocycles. The Kier molecular flexibility index (Phi) is 19.5. The van der Waals surface area contributed by atoms with Crippen LogP contribution < -0.4 is 10.6 Å². The number of hydrogen-bond acceptors (Lipinski definition) is 2. The number of carbonyl (C=O) groups is 2. The molecule has 0 bridgehead atoms. The van der Waals surface area contributed by atoms with Crippen molar-refractivity contribution in [3.05, 3.63) is 34.8 Å². The summed E-state index contributed by atoms with van der Waals surface area (Å²) in [5.41, 5.74) is 0. The maximum atomic E-state index is 9.85. The molecule has 5 heteroatoms. The molecule has 0 radical (unpaired) electrons. The number of hydrogen-bond donors (Lipinski definition) is 2. The summed E-state index contributed by atoms with van der Waals surface area (Å²) in [5.74, 6) is 0. The minimum atomic E-state index is 0.493. The lowest BCUT2D eigenvalue weighted by Gasteiger charge is -2.03. The predicted octanol–water partition coefficient (Wildman–Crippen LogP) is 3.51. The van der Waals surface area contributed by atoms with E-state index in [4.69, 9.17) is 4.79 Å². The van der Waals surface area contributed by atoms with Crippen LogP contribution in [0.4, 0.5) is 0 Å². The van der Waals surface area contributed by atoms with Crippen molar-refractivity contribution in [1.29, 1.82) is 0 Å². The van der Waals surface area contributed by atoms with Crippen molar-refractivity contribution >= 4 is 28.8 Å². The fraction of sp³-hybridized carbons (Fsp3) is 0.500. The van der Waals surface area contributed by atoms with Crippen LogP contribution in [-0.4, -0.2) is 25.9 Å². The van der Waals surface area contributed by atoms with Gasteiger partial charge in [-0.15, -0.1) is 0 Å². The van der Waals surface area contributed by atoms with Crippen molar-refractivity contribution in [1.82, 2.24) is 10.6 Å². The summed E-state index contributed by atoms with van der Waals surface area (Å²) < 4.78 is 1.13. The highest BCUT2D eigenvalue weighted by molar-refractivity contribution is 9.10. The lowest BCUT2D eigenvalue weighted by molar-refractivity contribution is -0.110. The lowest BCUT2D eigenvalue weighted by Crippen LogP contribution is -2.23. The molecule has 1 aliphatic rings. The van der Waals surface area contributed by atoms with Crippen LogP contribution in [0.1, 0.15) is 39.5 Å². The average Bonchev–Trinajstić information content (AvgIpc) is 3.04. The molecule has 4 nitrogen and oxygen atoms in total. The van der Waals surface area contributed by atoms with Gasteiger partial charge in [-0.05, 0) is 25.0 Å². The third kappa shape index (κ3) is 16.6. The van der Waals surface area contributed by atoms with Crippen LogP contribution in [-0.2, 0) is 9.59 Å². The van der Waals surface area contributed by atoms with Crippen LogP contribution in [0.5, 0.6) is 0 Å². The topological polar surface area (TPSA) is 58.2 Å². The van der Waals surface area contributed by atoms with Crippen LogP contribution in [0.3, 0.4) is 0 Å². The smallest absolute Gasteiger partial charge is 0.207 e. The second-order valence-corrected chi connectivity index (χ2v) is 4.88. The normalized spacial score (nSPS) is 12.2. The first kappa shape index (κ1) is 21.9. The standard InChI is InChI=1S/C6H5Br.C6H11NO.C2H5NO.C2H6/c7-6-4-2-1-3-5-6;8-5-7-6-3-1-2-4-6;1-3-2-4;1-2/h1-5H;5-6H,1-4H2,(H,7,8);2H,1H3,(H,3,4);1-2H3. The van der Waals surface area contributed by atoms with Crippen LogP contribution in [0.15, 0.2) is 34.8 Å². The molecule has 2 N–H and O–H groups in total. The van der Waals surface area contributed by atoms with Gasteiger partial charge >= 0.3 is 0 Å². The number of carbonyl (C=O) groups excluding carboxylic acids is 2. The Morgan fingerprint density at radius 1 is 1.05 bits per heavy atom. The van der Waals surface area contributed by atoms with Gasteiger partial charge in [-0.1, -0.05) is 60.8 Å². The number of halogens is 1. The second kappa shape index (κ2) is 18.6. The van der Waals surface area contributed by atoms with Gasteiger partial charge in [-0.2, -0.15) is 0 Å². The van der Waals surface area contributed by atoms with Gasteiger partial charge < -0.3 is 10.6 Å². The van der Waals surface area contributed by atoms with Gasteiger partial charge in [-0.3, -0.25) is 9.59 Å². The molecule has 0 unspecified atom stereocenters. The molecule has 0 aromatic heterocycles. The molecule has 2 amide bonds. The van der Waals surface area contributed by atoms with E-state index in [0.29, 0.717) is 12.5 Å². The predicted molar refractivity (Wildman–Crippen MR) is 92.1 cm³/mol. The molecule has 1 aromatic rings. The highest BCUT2D eigenvalue weighted by Crippen LogP contribution is 2.16. The van der Waals surface area contributed by atoms with Crippen molar-refractivity contribution in [3.63, 3.8) is 0 Å². The maximum absolute atomic E-state index is 9.85. The molecular formula is C16H27BrN2O2. The molecule has 0 aliphatic heterocycles. The Morgan fingerprint density at radius 3 is 1.81 bits per heavy atom. The molecule has 0 heterocycles. The van der Waals surface area contributed by atoms with Gasteiger partial charge in [0, 0.05) is 17.6 Å². The molecular weight excluding hydrogens is 332 g/mol. The number of nitrogens with one attached hydrogen (secondary N) is 2. The van der Waals surface area contributed by atoms with E-state index in [1.807, 2.05) is 44.2 Å². The lowest BCUT2D eigenvalue weighted by atomic mass is 10.3. The van der Waals surface area contributed by atoms with Gasteiger partial charge in [0.2, 0.25) is 12.8 Å². The SMILES string of the molecule is Brc1ccccc1.CC.CNC=O.O=CNC1CCCC1. The zero-order valence-corrected chi connectivity index (χ0v) is 14.7. The van der Waals surface area contributed by atoms with Crippen molar-refractivity contribution in [2.24, 2.45) is 0 Å². The third-order valence-electron chi connectivity index (χ3n) is 2.51.